The Kier molecular flexibility index (Phi) is 4.17. The van der Waals surface area contributed by atoms with E-state index in [1.54, 1.807) is 12.4 Å². The molecule has 128 valence electrons. The second-order valence-corrected chi connectivity index (χ2v) is 7.03. The molecule has 0 saturated carbocycles. The normalized spacial score (nSPS) is 17.4. The van der Waals surface area contributed by atoms with Crippen molar-refractivity contribution in [2.75, 3.05) is 12.8 Å². The Morgan fingerprint density at radius 3 is 2.88 bits per heavy atom. The summed E-state index contributed by atoms with van der Waals surface area (Å²) in [6, 6.07) is 6.12. The second kappa shape index (κ2) is 6.48. The van der Waals surface area contributed by atoms with E-state index in [2.05, 4.69) is 34.0 Å². The van der Waals surface area contributed by atoms with Crippen LogP contribution in [0.1, 0.15) is 40.6 Å². The van der Waals surface area contributed by atoms with E-state index < -0.39 is 0 Å². The van der Waals surface area contributed by atoms with Crippen molar-refractivity contribution in [2.24, 2.45) is 0 Å². The molecule has 1 aliphatic rings. The lowest BCUT2D eigenvalue weighted by Crippen LogP contribution is -2.31. The molecule has 25 heavy (non-hydrogen) atoms. The molecule has 3 aromatic rings. The molecule has 2 aromatic heterocycles. The summed E-state index contributed by atoms with van der Waals surface area (Å²) < 4.78 is 0. The van der Waals surface area contributed by atoms with Crippen LogP contribution in [0.4, 0.5) is 0 Å². The van der Waals surface area contributed by atoms with Gasteiger partial charge in [-0.3, -0.25) is 4.79 Å². The van der Waals surface area contributed by atoms with E-state index >= 15 is 0 Å². The Bertz CT molecular complexity index is 921. The number of nitrogens with zero attached hydrogens (tertiary/aromatic N) is 4. The average molecular weight is 353 g/mol. The third-order valence-corrected chi connectivity index (χ3v) is 5.12. The van der Waals surface area contributed by atoms with E-state index in [1.165, 1.54) is 17.3 Å². The van der Waals surface area contributed by atoms with Crippen molar-refractivity contribution in [1.82, 2.24) is 24.8 Å². The summed E-state index contributed by atoms with van der Waals surface area (Å²) in [5.74, 6) is 0.819. The third kappa shape index (κ3) is 3.00. The number of likely N-dealkylation sites (tertiary alicyclic amines) is 1. The topological polar surface area (TPSA) is 74.8 Å². The van der Waals surface area contributed by atoms with Crippen molar-refractivity contribution in [1.29, 1.82) is 0 Å². The Balaban J connectivity index is 1.63. The number of amides is 1. The van der Waals surface area contributed by atoms with Gasteiger partial charge in [0.15, 0.2) is 5.16 Å². The van der Waals surface area contributed by atoms with Crippen LogP contribution in [0.2, 0.25) is 0 Å². The summed E-state index contributed by atoms with van der Waals surface area (Å²) in [6.07, 6.45) is 7.01. The lowest BCUT2D eigenvalue weighted by molar-refractivity contribution is 0.0729. The predicted molar refractivity (Wildman–Crippen MR) is 97.7 cm³/mol. The van der Waals surface area contributed by atoms with Crippen LogP contribution in [0, 0.1) is 6.92 Å². The maximum atomic E-state index is 12.9. The summed E-state index contributed by atoms with van der Waals surface area (Å²) >= 11 is 1.46. The molecule has 1 fully saturated rings. The molecule has 1 aromatic carbocycles. The van der Waals surface area contributed by atoms with E-state index in [0.717, 1.165) is 36.2 Å². The first-order valence-corrected chi connectivity index (χ1v) is 9.51. The number of hydrogen-bond acceptors (Lipinski definition) is 5. The summed E-state index contributed by atoms with van der Waals surface area (Å²) in [6.45, 7) is 2.79. The van der Waals surface area contributed by atoms with Gasteiger partial charge in [0.25, 0.3) is 5.91 Å². The molecule has 1 aliphatic heterocycles. The monoisotopic (exact) mass is 353 g/mol. The number of aromatic nitrogens is 4. The maximum absolute atomic E-state index is 12.9. The predicted octanol–water partition coefficient (Wildman–Crippen LogP) is 3.36. The van der Waals surface area contributed by atoms with Crippen molar-refractivity contribution < 1.29 is 4.79 Å². The molecule has 1 amide bonds. The van der Waals surface area contributed by atoms with Crippen LogP contribution in [0.15, 0.2) is 35.7 Å². The van der Waals surface area contributed by atoms with Crippen LogP contribution in [0.3, 0.4) is 0 Å². The summed E-state index contributed by atoms with van der Waals surface area (Å²) in [4.78, 5) is 31.3. The highest BCUT2D eigenvalue weighted by Gasteiger charge is 2.33. The molecule has 0 bridgehead atoms. The zero-order valence-electron chi connectivity index (χ0n) is 14.2. The zero-order chi connectivity index (χ0) is 17.4. The van der Waals surface area contributed by atoms with Crippen LogP contribution >= 0.6 is 11.8 Å². The largest absolute Gasteiger partial charge is 0.340 e. The molecule has 0 unspecified atom stereocenters. The highest BCUT2D eigenvalue weighted by molar-refractivity contribution is 7.98. The fourth-order valence-corrected chi connectivity index (χ4v) is 3.61. The van der Waals surface area contributed by atoms with Crippen LogP contribution in [0.5, 0.6) is 0 Å². The number of rotatable bonds is 3. The highest BCUT2D eigenvalue weighted by atomic mass is 32.2. The fraction of sp³-hybridized carbons (Fsp3) is 0.333. The number of imidazole rings is 1. The first-order chi connectivity index (χ1) is 12.2. The maximum Gasteiger partial charge on any atom is 0.257 e. The molecular weight excluding hydrogens is 334 g/mol. The van der Waals surface area contributed by atoms with Crippen molar-refractivity contribution in [3.63, 3.8) is 0 Å². The number of nitrogens with one attached hydrogen (secondary N) is 1. The third-order valence-electron chi connectivity index (χ3n) is 4.54. The first kappa shape index (κ1) is 16.1. The molecule has 0 spiro atoms. The van der Waals surface area contributed by atoms with Crippen molar-refractivity contribution in [3.05, 3.63) is 47.5 Å². The summed E-state index contributed by atoms with van der Waals surface area (Å²) in [5, 5.41) is 0.669. The Morgan fingerprint density at radius 1 is 1.32 bits per heavy atom. The van der Waals surface area contributed by atoms with Gasteiger partial charge in [0.1, 0.15) is 5.82 Å². The molecule has 7 heteroatoms. The number of benzene rings is 1. The quantitative estimate of drug-likeness (QED) is 0.577. The number of thioether (sulfide) groups is 1. The highest BCUT2D eigenvalue weighted by Crippen LogP contribution is 2.32. The second-order valence-electron chi connectivity index (χ2n) is 6.26. The van der Waals surface area contributed by atoms with Crippen molar-refractivity contribution in [2.45, 2.75) is 31.0 Å². The van der Waals surface area contributed by atoms with E-state index in [0.29, 0.717) is 10.7 Å². The van der Waals surface area contributed by atoms with E-state index in [-0.39, 0.29) is 11.9 Å². The van der Waals surface area contributed by atoms with Gasteiger partial charge in [0.2, 0.25) is 0 Å². The SMILES string of the molecule is CSc1ncc(C(=O)N2CCC[C@@H]2c2nc3ccc(C)cc3[nH]2)cn1. The standard InChI is InChI=1S/C18H19N5OS/c1-11-5-6-13-14(8-11)22-16(21-13)15-4-3-7-23(15)17(24)12-9-19-18(25-2)20-10-12/h5-6,8-10,15H,3-4,7H2,1-2H3,(H,21,22)/t15-/m1/s1. The van der Waals surface area contributed by atoms with Gasteiger partial charge >= 0.3 is 0 Å². The van der Waals surface area contributed by atoms with E-state index in [9.17, 15) is 4.79 Å². The molecule has 3 heterocycles. The van der Waals surface area contributed by atoms with Gasteiger partial charge in [0.05, 0.1) is 22.6 Å². The smallest absolute Gasteiger partial charge is 0.257 e. The average Bonchev–Trinajstić information content (AvgIpc) is 3.27. The number of fused-ring (bicyclic) bond motifs is 1. The molecular formula is C18H19N5OS. The lowest BCUT2D eigenvalue weighted by Gasteiger charge is -2.23. The number of hydrogen-bond donors (Lipinski definition) is 1. The number of carbonyl (C=O) groups excluding carboxylic acids is 1. The van der Waals surface area contributed by atoms with Crippen LogP contribution in [-0.4, -0.2) is 43.5 Å². The summed E-state index contributed by atoms with van der Waals surface area (Å²) in [5.41, 5.74) is 3.67. The Morgan fingerprint density at radius 2 is 2.12 bits per heavy atom. The Labute approximate surface area is 150 Å². The van der Waals surface area contributed by atoms with Crippen LogP contribution in [0.25, 0.3) is 11.0 Å². The molecule has 6 nitrogen and oxygen atoms in total. The molecule has 0 radical (unpaired) electrons. The van der Waals surface area contributed by atoms with Crippen molar-refractivity contribution in [3.8, 4) is 0 Å². The molecule has 1 N–H and O–H groups in total. The van der Waals surface area contributed by atoms with Crippen LogP contribution < -0.4 is 0 Å². The van der Waals surface area contributed by atoms with Gasteiger partial charge in [-0.05, 0) is 43.7 Å². The van der Waals surface area contributed by atoms with Gasteiger partial charge in [-0.25, -0.2) is 15.0 Å². The minimum atomic E-state index is -0.0354. The lowest BCUT2D eigenvalue weighted by atomic mass is 10.2. The number of aryl methyl sites for hydroxylation is 1. The fourth-order valence-electron chi connectivity index (χ4n) is 3.29. The molecule has 4 rings (SSSR count). The molecule has 1 atom stereocenters. The summed E-state index contributed by atoms with van der Waals surface area (Å²) in [7, 11) is 0. The van der Waals surface area contributed by atoms with Crippen LogP contribution in [-0.2, 0) is 0 Å². The van der Waals surface area contributed by atoms with Gasteiger partial charge in [-0.15, -0.1) is 0 Å². The van der Waals surface area contributed by atoms with Gasteiger partial charge < -0.3 is 9.88 Å². The minimum absolute atomic E-state index is 0.0274. The first-order valence-electron chi connectivity index (χ1n) is 8.29. The van der Waals surface area contributed by atoms with Gasteiger partial charge in [0, 0.05) is 18.9 Å². The number of H-pyrrole nitrogens is 1. The van der Waals surface area contributed by atoms with Gasteiger partial charge in [-0.2, -0.15) is 0 Å². The van der Waals surface area contributed by atoms with E-state index in [1.807, 2.05) is 17.2 Å². The molecule has 1 saturated heterocycles. The minimum Gasteiger partial charge on any atom is -0.340 e. The zero-order valence-corrected chi connectivity index (χ0v) is 15.0. The van der Waals surface area contributed by atoms with Gasteiger partial charge in [-0.1, -0.05) is 17.8 Å². The molecule has 0 aliphatic carbocycles. The van der Waals surface area contributed by atoms with E-state index in [4.69, 9.17) is 4.98 Å². The number of carbonyl (C=O) groups is 1. The Hall–Kier alpha value is -2.41. The number of aromatic amines is 1. The van der Waals surface area contributed by atoms with Crippen molar-refractivity contribution >= 4 is 28.7 Å².